The van der Waals surface area contributed by atoms with Crippen molar-refractivity contribution in [1.82, 2.24) is 5.43 Å². The number of carbonyl (C=O) groups is 1. The number of hydrazone groups is 1. The van der Waals surface area contributed by atoms with Crippen LogP contribution in [0.15, 0.2) is 88.9 Å². The second-order valence-corrected chi connectivity index (χ2v) is 8.77. The van der Waals surface area contributed by atoms with Gasteiger partial charge in [0.15, 0.2) is 0 Å². The summed E-state index contributed by atoms with van der Waals surface area (Å²) in [7, 11) is -3.96. The van der Waals surface area contributed by atoms with E-state index in [0.717, 1.165) is 4.31 Å². The number of hydrogen-bond acceptors (Lipinski definition) is 4. The highest BCUT2D eigenvalue weighted by Gasteiger charge is 2.26. The van der Waals surface area contributed by atoms with Gasteiger partial charge in [-0.05, 0) is 36.4 Å². The lowest BCUT2D eigenvalue weighted by atomic mass is 10.2. The van der Waals surface area contributed by atoms with Crippen LogP contribution in [0.1, 0.15) is 5.56 Å². The maximum Gasteiger partial charge on any atom is 0.264 e. The fourth-order valence-corrected chi connectivity index (χ4v) is 4.53. The molecule has 0 heterocycles. The lowest BCUT2D eigenvalue weighted by Crippen LogP contribution is -2.39. The van der Waals surface area contributed by atoms with Crippen molar-refractivity contribution in [2.24, 2.45) is 5.10 Å². The zero-order valence-corrected chi connectivity index (χ0v) is 17.9. The predicted molar refractivity (Wildman–Crippen MR) is 120 cm³/mol. The molecule has 0 radical (unpaired) electrons. The molecule has 9 heteroatoms. The SMILES string of the molecule is O=C(CN(c1ccccc1)S(=O)(=O)c1ccccc1)N/N=C\c1c(Cl)cccc1Cl. The number of amides is 1. The van der Waals surface area contributed by atoms with E-state index in [1.807, 2.05) is 0 Å². The minimum atomic E-state index is -3.96. The minimum absolute atomic E-state index is 0.0769. The van der Waals surface area contributed by atoms with Crippen molar-refractivity contribution in [1.29, 1.82) is 0 Å². The van der Waals surface area contributed by atoms with Crippen LogP contribution in [0.25, 0.3) is 0 Å². The Morgan fingerprint density at radius 1 is 0.900 bits per heavy atom. The number of anilines is 1. The van der Waals surface area contributed by atoms with Gasteiger partial charge in [-0.25, -0.2) is 13.8 Å². The molecule has 3 rings (SSSR count). The van der Waals surface area contributed by atoms with Gasteiger partial charge in [0.2, 0.25) is 0 Å². The van der Waals surface area contributed by atoms with Gasteiger partial charge in [0.1, 0.15) is 6.54 Å². The van der Waals surface area contributed by atoms with Crippen LogP contribution in [-0.2, 0) is 14.8 Å². The molecule has 0 fully saturated rings. The van der Waals surface area contributed by atoms with Crippen LogP contribution in [-0.4, -0.2) is 27.1 Å². The van der Waals surface area contributed by atoms with Crippen LogP contribution < -0.4 is 9.73 Å². The standard InChI is InChI=1S/C21H17Cl2N3O3S/c22-19-12-7-13-20(23)18(19)14-24-25-21(27)15-26(16-8-3-1-4-9-16)30(28,29)17-10-5-2-6-11-17/h1-14H,15H2,(H,25,27)/b24-14-. The summed E-state index contributed by atoms with van der Waals surface area (Å²) in [6.07, 6.45) is 1.31. The van der Waals surface area contributed by atoms with Crippen molar-refractivity contribution in [3.63, 3.8) is 0 Å². The fourth-order valence-electron chi connectivity index (χ4n) is 2.60. The first kappa shape index (κ1) is 21.8. The van der Waals surface area contributed by atoms with E-state index in [9.17, 15) is 13.2 Å². The Bertz CT molecular complexity index is 1130. The fraction of sp³-hybridized carbons (Fsp3) is 0.0476. The molecule has 0 spiro atoms. The molecule has 6 nitrogen and oxygen atoms in total. The Hall–Kier alpha value is -2.87. The molecule has 0 atom stereocenters. The Morgan fingerprint density at radius 2 is 1.47 bits per heavy atom. The number of rotatable bonds is 7. The van der Waals surface area contributed by atoms with Gasteiger partial charge in [-0.1, -0.05) is 65.7 Å². The lowest BCUT2D eigenvalue weighted by Gasteiger charge is -2.23. The van der Waals surface area contributed by atoms with Crippen LogP contribution in [0, 0.1) is 0 Å². The van der Waals surface area contributed by atoms with Gasteiger partial charge in [-0.15, -0.1) is 0 Å². The number of nitrogens with zero attached hydrogens (tertiary/aromatic N) is 2. The number of hydrogen-bond donors (Lipinski definition) is 1. The number of carbonyl (C=O) groups excluding carboxylic acids is 1. The number of sulfonamides is 1. The number of benzene rings is 3. The second kappa shape index (κ2) is 9.75. The number of halogens is 2. The van der Waals surface area contributed by atoms with Crippen molar-refractivity contribution in [3.05, 3.63) is 94.5 Å². The van der Waals surface area contributed by atoms with E-state index in [-0.39, 0.29) is 4.90 Å². The molecule has 154 valence electrons. The molecular formula is C21H17Cl2N3O3S. The second-order valence-electron chi connectivity index (χ2n) is 6.09. The third-order valence-corrected chi connectivity index (χ3v) is 6.49. The summed E-state index contributed by atoms with van der Waals surface area (Å²) >= 11 is 12.1. The van der Waals surface area contributed by atoms with E-state index < -0.39 is 22.5 Å². The summed E-state index contributed by atoms with van der Waals surface area (Å²) in [5, 5.41) is 4.60. The zero-order chi connectivity index (χ0) is 21.6. The molecule has 0 unspecified atom stereocenters. The van der Waals surface area contributed by atoms with E-state index in [4.69, 9.17) is 23.2 Å². The smallest absolute Gasteiger partial charge is 0.264 e. The first-order valence-electron chi connectivity index (χ1n) is 8.78. The maximum atomic E-state index is 13.1. The molecule has 0 saturated heterocycles. The lowest BCUT2D eigenvalue weighted by molar-refractivity contribution is -0.119. The van der Waals surface area contributed by atoms with Gasteiger partial charge < -0.3 is 0 Å². The van der Waals surface area contributed by atoms with Crippen molar-refractivity contribution < 1.29 is 13.2 Å². The average molecular weight is 462 g/mol. The molecule has 1 amide bonds. The van der Waals surface area contributed by atoms with E-state index in [1.54, 1.807) is 66.7 Å². The van der Waals surface area contributed by atoms with Gasteiger partial charge >= 0.3 is 0 Å². The Morgan fingerprint density at radius 3 is 2.07 bits per heavy atom. The van der Waals surface area contributed by atoms with E-state index >= 15 is 0 Å². The first-order chi connectivity index (χ1) is 14.4. The minimum Gasteiger partial charge on any atom is -0.271 e. The van der Waals surface area contributed by atoms with Gasteiger partial charge in [0.05, 0.1) is 26.8 Å². The molecule has 0 aromatic heterocycles. The molecular weight excluding hydrogens is 445 g/mol. The van der Waals surface area contributed by atoms with Crippen molar-refractivity contribution in [2.75, 3.05) is 10.8 Å². The Labute approximate surface area is 184 Å². The molecule has 3 aromatic carbocycles. The van der Waals surface area contributed by atoms with Gasteiger partial charge in [0.25, 0.3) is 15.9 Å². The summed E-state index contributed by atoms with van der Waals surface area (Å²) in [5.41, 5.74) is 3.12. The van der Waals surface area contributed by atoms with Crippen LogP contribution >= 0.6 is 23.2 Å². The first-order valence-corrected chi connectivity index (χ1v) is 11.0. The van der Waals surface area contributed by atoms with Crippen molar-refractivity contribution in [3.8, 4) is 0 Å². The average Bonchev–Trinajstić information content (AvgIpc) is 2.75. The van der Waals surface area contributed by atoms with Gasteiger partial charge in [0, 0.05) is 5.56 Å². The van der Waals surface area contributed by atoms with Gasteiger partial charge in [-0.3, -0.25) is 9.10 Å². The Kier molecular flexibility index (Phi) is 7.10. The molecule has 0 aliphatic rings. The quantitative estimate of drug-likeness (QED) is 0.419. The highest BCUT2D eigenvalue weighted by atomic mass is 35.5. The third kappa shape index (κ3) is 5.18. The summed E-state index contributed by atoms with van der Waals surface area (Å²) in [6, 6.07) is 21.2. The van der Waals surface area contributed by atoms with Gasteiger partial charge in [-0.2, -0.15) is 5.10 Å². The maximum absolute atomic E-state index is 13.1. The van der Waals surface area contributed by atoms with E-state index in [2.05, 4.69) is 10.5 Å². The third-order valence-electron chi connectivity index (χ3n) is 4.05. The molecule has 1 N–H and O–H groups in total. The normalized spacial score (nSPS) is 11.4. The molecule has 0 aliphatic carbocycles. The summed E-state index contributed by atoms with van der Waals surface area (Å²) in [6.45, 7) is -0.463. The number of nitrogens with one attached hydrogen (secondary N) is 1. The highest BCUT2D eigenvalue weighted by molar-refractivity contribution is 7.92. The summed E-state index contributed by atoms with van der Waals surface area (Å²) in [5.74, 6) is -0.627. The van der Waals surface area contributed by atoms with Crippen LogP contribution in [0.2, 0.25) is 10.0 Å². The van der Waals surface area contributed by atoms with Crippen molar-refractivity contribution in [2.45, 2.75) is 4.90 Å². The topological polar surface area (TPSA) is 78.8 Å². The van der Waals surface area contributed by atoms with Crippen molar-refractivity contribution >= 4 is 51.0 Å². The molecule has 0 bridgehead atoms. The predicted octanol–water partition coefficient (Wildman–Crippen LogP) is 4.34. The number of para-hydroxylation sites is 1. The van der Waals surface area contributed by atoms with E-state index in [1.165, 1.54) is 18.3 Å². The monoisotopic (exact) mass is 461 g/mol. The summed E-state index contributed by atoms with van der Waals surface area (Å²) in [4.78, 5) is 12.5. The highest BCUT2D eigenvalue weighted by Crippen LogP contribution is 2.23. The molecule has 3 aromatic rings. The summed E-state index contributed by atoms with van der Waals surface area (Å²) < 4.78 is 27.3. The molecule has 30 heavy (non-hydrogen) atoms. The van der Waals surface area contributed by atoms with Crippen LogP contribution in [0.3, 0.4) is 0 Å². The molecule has 0 saturated carbocycles. The largest absolute Gasteiger partial charge is 0.271 e. The van der Waals surface area contributed by atoms with E-state index in [0.29, 0.717) is 21.3 Å². The van der Waals surface area contributed by atoms with Crippen LogP contribution in [0.4, 0.5) is 5.69 Å². The zero-order valence-electron chi connectivity index (χ0n) is 15.6. The van der Waals surface area contributed by atoms with Crippen LogP contribution in [0.5, 0.6) is 0 Å². The Balaban J connectivity index is 1.82. The molecule has 0 aliphatic heterocycles.